The standard InChI is InChI=1S/C14H20N4O2S/c1-10(2)11-8-9-18(16-11)12-6-5-7-13(14(12)15)21(19,20)17(3)4/h5-10H,15H2,1-4H3. The van der Waals surface area contributed by atoms with E-state index in [4.69, 9.17) is 5.73 Å². The Balaban J connectivity index is 2.57. The normalized spacial score (nSPS) is 12.3. The van der Waals surface area contributed by atoms with Crippen LogP contribution in [0.25, 0.3) is 5.69 Å². The van der Waals surface area contributed by atoms with Crippen molar-refractivity contribution in [1.29, 1.82) is 0 Å². The van der Waals surface area contributed by atoms with Gasteiger partial charge in [-0.05, 0) is 24.1 Å². The monoisotopic (exact) mass is 308 g/mol. The quantitative estimate of drug-likeness (QED) is 0.874. The number of hydrogen-bond donors (Lipinski definition) is 1. The van der Waals surface area contributed by atoms with Crippen molar-refractivity contribution < 1.29 is 8.42 Å². The third kappa shape index (κ3) is 2.79. The first-order valence-electron chi connectivity index (χ1n) is 6.62. The van der Waals surface area contributed by atoms with Crippen molar-refractivity contribution in [2.24, 2.45) is 0 Å². The summed E-state index contributed by atoms with van der Waals surface area (Å²) in [6.45, 7) is 4.09. The molecule has 0 radical (unpaired) electrons. The Kier molecular flexibility index (Phi) is 4.06. The molecule has 0 bridgehead atoms. The summed E-state index contributed by atoms with van der Waals surface area (Å²) in [5, 5.41) is 4.44. The molecule has 0 saturated heterocycles. The van der Waals surface area contributed by atoms with E-state index < -0.39 is 10.0 Å². The molecule has 7 heteroatoms. The van der Waals surface area contributed by atoms with E-state index in [1.54, 1.807) is 23.0 Å². The van der Waals surface area contributed by atoms with Crippen LogP contribution in [0, 0.1) is 0 Å². The van der Waals surface area contributed by atoms with Gasteiger partial charge in [-0.1, -0.05) is 19.9 Å². The lowest BCUT2D eigenvalue weighted by Crippen LogP contribution is -2.23. The molecule has 0 aliphatic rings. The lowest BCUT2D eigenvalue weighted by atomic mass is 10.1. The molecule has 1 heterocycles. The Morgan fingerprint density at radius 1 is 1.24 bits per heavy atom. The maximum Gasteiger partial charge on any atom is 0.244 e. The molecule has 114 valence electrons. The van der Waals surface area contributed by atoms with Crippen LogP contribution in [-0.2, 0) is 10.0 Å². The van der Waals surface area contributed by atoms with E-state index in [1.165, 1.54) is 20.2 Å². The first-order chi connectivity index (χ1) is 9.75. The van der Waals surface area contributed by atoms with E-state index in [-0.39, 0.29) is 10.6 Å². The van der Waals surface area contributed by atoms with Crippen LogP contribution in [-0.4, -0.2) is 36.6 Å². The van der Waals surface area contributed by atoms with Gasteiger partial charge in [0.25, 0.3) is 0 Å². The Labute approximate surface area is 125 Å². The number of nitrogens with two attached hydrogens (primary N) is 1. The van der Waals surface area contributed by atoms with E-state index in [9.17, 15) is 8.42 Å². The van der Waals surface area contributed by atoms with Gasteiger partial charge in [0.1, 0.15) is 4.90 Å². The third-order valence-corrected chi connectivity index (χ3v) is 5.12. The number of rotatable bonds is 4. The highest BCUT2D eigenvalue weighted by Gasteiger charge is 2.22. The molecule has 0 atom stereocenters. The van der Waals surface area contributed by atoms with Crippen molar-refractivity contribution in [2.75, 3.05) is 19.8 Å². The maximum absolute atomic E-state index is 12.3. The molecule has 6 nitrogen and oxygen atoms in total. The summed E-state index contributed by atoms with van der Waals surface area (Å²) >= 11 is 0. The summed E-state index contributed by atoms with van der Waals surface area (Å²) in [4.78, 5) is 0.0894. The predicted molar refractivity (Wildman–Crippen MR) is 82.9 cm³/mol. The summed E-state index contributed by atoms with van der Waals surface area (Å²) in [7, 11) is -0.624. The Morgan fingerprint density at radius 3 is 2.43 bits per heavy atom. The summed E-state index contributed by atoms with van der Waals surface area (Å²) in [5.74, 6) is 0.293. The van der Waals surface area contributed by atoms with Crippen molar-refractivity contribution in [3.05, 3.63) is 36.2 Å². The van der Waals surface area contributed by atoms with Crippen molar-refractivity contribution in [1.82, 2.24) is 14.1 Å². The van der Waals surface area contributed by atoms with E-state index >= 15 is 0 Å². The number of para-hydroxylation sites is 1. The van der Waals surface area contributed by atoms with Gasteiger partial charge in [-0.15, -0.1) is 0 Å². The fraction of sp³-hybridized carbons (Fsp3) is 0.357. The molecule has 2 rings (SSSR count). The minimum absolute atomic E-state index is 0.0894. The second-order valence-corrected chi connectivity index (χ2v) is 7.44. The Morgan fingerprint density at radius 2 is 1.90 bits per heavy atom. The molecule has 0 spiro atoms. The largest absolute Gasteiger partial charge is 0.396 e. The number of hydrogen-bond acceptors (Lipinski definition) is 4. The molecular weight excluding hydrogens is 288 g/mol. The lowest BCUT2D eigenvalue weighted by molar-refractivity contribution is 0.521. The van der Waals surface area contributed by atoms with E-state index in [2.05, 4.69) is 5.10 Å². The van der Waals surface area contributed by atoms with E-state index in [0.717, 1.165) is 10.00 Å². The van der Waals surface area contributed by atoms with Crippen LogP contribution < -0.4 is 5.73 Å². The SMILES string of the molecule is CC(C)c1ccn(-c2cccc(S(=O)(=O)N(C)C)c2N)n1. The molecule has 0 unspecified atom stereocenters. The number of nitrogen functional groups attached to an aromatic ring is 1. The second kappa shape index (κ2) is 5.50. The first-order valence-corrected chi connectivity index (χ1v) is 8.06. The van der Waals surface area contributed by atoms with Crippen LogP contribution in [0.2, 0.25) is 0 Å². The topological polar surface area (TPSA) is 81.2 Å². The fourth-order valence-electron chi connectivity index (χ4n) is 1.93. The first kappa shape index (κ1) is 15.5. The zero-order valence-electron chi connectivity index (χ0n) is 12.6. The van der Waals surface area contributed by atoms with Crippen molar-refractivity contribution in [3.8, 4) is 5.69 Å². The number of sulfonamides is 1. The van der Waals surface area contributed by atoms with Crippen LogP contribution in [0.3, 0.4) is 0 Å². The molecule has 1 aromatic carbocycles. The third-order valence-electron chi connectivity index (χ3n) is 3.25. The van der Waals surface area contributed by atoms with Gasteiger partial charge in [-0.3, -0.25) is 0 Å². The molecule has 2 N–H and O–H groups in total. The minimum Gasteiger partial charge on any atom is -0.396 e. The number of aromatic nitrogens is 2. The molecule has 0 fully saturated rings. The number of benzene rings is 1. The molecule has 1 aromatic heterocycles. The molecule has 2 aromatic rings. The molecule has 0 aliphatic carbocycles. The van der Waals surface area contributed by atoms with E-state index in [1.807, 2.05) is 19.9 Å². The van der Waals surface area contributed by atoms with E-state index in [0.29, 0.717) is 11.6 Å². The average Bonchev–Trinajstić information content (AvgIpc) is 2.88. The van der Waals surface area contributed by atoms with Crippen LogP contribution in [0.5, 0.6) is 0 Å². The van der Waals surface area contributed by atoms with Crippen molar-refractivity contribution in [3.63, 3.8) is 0 Å². The molecule has 0 aliphatic heterocycles. The van der Waals surface area contributed by atoms with Gasteiger partial charge in [0.15, 0.2) is 0 Å². The van der Waals surface area contributed by atoms with Gasteiger partial charge in [-0.25, -0.2) is 17.4 Å². The molecule has 0 amide bonds. The van der Waals surface area contributed by atoms with Gasteiger partial charge in [0.05, 0.1) is 17.1 Å². The maximum atomic E-state index is 12.3. The van der Waals surface area contributed by atoms with Gasteiger partial charge in [0, 0.05) is 20.3 Å². The highest BCUT2D eigenvalue weighted by atomic mass is 32.2. The zero-order chi connectivity index (χ0) is 15.8. The number of anilines is 1. The average molecular weight is 308 g/mol. The summed E-state index contributed by atoms with van der Waals surface area (Å²) in [5.41, 5.74) is 7.74. The van der Waals surface area contributed by atoms with Crippen LogP contribution in [0.15, 0.2) is 35.4 Å². The van der Waals surface area contributed by atoms with Crippen LogP contribution in [0.4, 0.5) is 5.69 Å². The predicted octanol–water partition coefficient (Wildman–Crippen LogP) is 1.83. The molecule has 0 saturated carbocycles. The minimum atomic E-state index is -3.58. The summed E-state index contributed by atoms with van der Waals surface area (Å²) < 4.78 is 27.3. The fourth-order valence-corrected chi connectivity index (χ4v) is 2.96. The van der Waals surface area contributed by atoms with Gasteiger partial charge in [-0.2, -0.15) is 5.10 Å². The summed E-state index contributed by atoms with van der Waals surface area (Å²) in [6, 6.07) is 6.82. The highest BCUT2D eigenvalue weighted by Crippen LogP contribution is 2.27. The van der Waals surface area contributed by atoms with Gasteiger partial charge >= 0.3 is 0 Å². The number of nitrogens with zero attached hydrogens (tertiary/aromatic N) is 3. The zero-order valence-corrected chi connectivity index (χ0v) is 13.4. The second-order valence-electron chi connectivity index (χ2n) is 5.32. The highest BCUT2D eigenvalue weighted by molar-refractivity contribution is 7.89. The van der Waals surface area contributed by atoms with Crippen molar-refractivity contribution in [2.45, 2.75) is 24.7 Å². The van der Waals surface area contributed by atoms with Gasteiger partial charge in [0.2, 0.25) is 10.0 Å². The van der Waals surface area contributed by atoms with Crippen LogP contribution in [0.1, 0.15) is 25.5 Å². The van der Waals surface area contributed by atoms with Gasteiger partial charge < -0.3 is 5.73 Å². The lowest BCUT2D eigenvalue weighted by Gasteiger charge is -2.15. The Hall–Kier alpha value is -1.86. The Bertz CT molecular complexity index is 748. The molecule has 21 heavy (non-hydrogen) atoms. The summed E-state index contributed by atoms with van der Waals surface area (Å²) in [6.07, 6.45) is 1.78. The molecular formula is C14H20N4O2S. The smallest absolute Gasteiger partial charge is 0.244 e. The van der Waals surface area contributed by atoms with Crippen molar-refractivity contribution >= 4 is 15.7 Å². The van der Waals surface area contributed by atoms with Crippen LogP contribution >= 0.6 is 0 Å².